The molecule has 0 radical (unpaired) electrons. The lowest BCUT2D eigenvalue weighted by atomic mass is 9.98. The summed E-state index contributed by atoms with van der Waals surface area (Å²) in [6.45, 7) is 5.57. The van der Waals surface area contributed by atoms with Gasteiger partial charge in [0.2, 0.25) is 5.95 Å². The number of piperidine rings is 1. The summed E-state index contributed by atoms with van der Waals surface area (Å²) < 4.78 is 28.4. The number of halogens is 2. The molecule has 39 heavy (non-hydrogen) atoms. The van der Waals surface area contributed by atoms with Crippen LogP contribution in [0.1, 0.15) is 36.0 Å². The molecule has 1 fully saturated rings. The van der Waals surface area contributed by atoms with Crippen LogP contribution < -0.4 is 10.2 Å². The monoisotopic (exact) mass is 524 g/mol. The summed E-state index contributed by atoms with van der Waals surface area (Å²) in [7, 11) is 0. The van der Waals surface area contributed by atoms with Crippen LogP contribution in [0.3, 0.4) is 0 Å². The van der Waals surface area contributed by atoms with Crippen LogP contribution in [0.2, 0.25) is 0 Å². The highest BCUT2D eigenvalue weighted by atomic mass is 19.1. The summed E-state index contributed by atoms with van der Waals surface area (Å²) in [5.74, 6) is -0.682. The molecule has 1 aliphatic rings. The van der Waals surface area contributed by atoms with Gasteiger partial charge in [0.25, 0.3) is 0 Å². The molecule has 2 heterocycles. The molecule has 1 N–H and O–H groups in total. The number of nitrogens with zero attached hydrogens (tertiary/aromatic N) is 3. The minimum absolute atomic E-state index is 0.0954. The molecular formula is C32H30F2N4O. The number of hydrogen-bond donors (Lipinski definition) is 1. The van der Waals surface area contributed by atoms with Crippen molar-refractivity contribution in [3.05, 3.63) is 114 Å². The van der Waals surface area contributed by atoms with Crippen molar-refractivity contribution in [1.82, 2.24) is 9.97 Å². The van der Waals surface area contributed by atoms with Crippen molar-refractivity contribution >= 4 is 23.1 Å². The molecule has 0 spiro atoms. The Kier molecular flexibility index (Phi) is 8.06. The standard InChI is InChI=1S/C32H30F2N4O/c1-2-29(39)19-24-18-23(12-13-30(24)34)31-25(16-22-8-6-9-26(33)17-22)21-35-32(37-31)36-27-10-7-11-28(20-27)38-14-4-3-5-15-38/h2,6-13,17-18,20-21H,1,3-5,14-16,19H2,(H,35,36,37). The first kappa shape index (κ1) is 26.2. The molecule has 7 heteroatoms. The molecule has 0 saturated carbocycles. The Morgan fingerprint density at radius 3 is 2.59 bits per heavy atom. The van der Waals surface area contributed by atoms with Crippen molar-refractivity contribution < 1.29 is 13.6 Å². The van der Waals surface area contributed by atoms with Crippen LogP contribution in [0.15, 0.2) is 85.6 Å². The Hall–Kier alpha value is -4.39. The fraction of sp³-hybridized carbons (Fsp3) is 0.219. The van der Waals surface area contributed by atoms with E-state index in [1.807, 2.05) is 18.2 Å². The Morgan fingerprint density at radius 2 is 1.79 bits per heavy atom. The predicted molar refractivity (Wildman–Crippen MR) is 151 cm³/mol. The molecule has 4 aromatic rings. The molecule has 0 atom stereocenters. The SMILES string of the molecule is C=CC(=O)Cc1cc(-c2nc(Nc3cccc(N4CCCCC4)c3)ncc2Cc2cccc(F)c2)ccc1F. The largest absolute Gasteiger partial charge is 0.371 e. The second-order valence-electron chi connectivity index (χ2n) is 9.75. The molecule has 0 unspecified atom stereocenters. The van der Waals surface area contributed by atoms with Gasteiger partial charge in [0.15, 0.2) is 5.78 Å². The average molecular weight is 525 g/mol. The molecule has 3 aromatic carbocycles. The molecule has 0 aliphatic carbocycles. The van der Waals surface area contributed by atoms with E-state index < -0.39 is 5.82 Å². The van der Waals surface area contributed by atoms with E-state index in [1.54, 1.807) is 24.4 Å². The van der Waals surface area contributed by atoms with Crippen molar-refractivity contribution in [2.75, 3.05) is 23.3 Å². The number of anilines is 3. The molecule has 0 amide bonds. The fourth-order valence-electron chi connectivity index (χ4n) is 4.89. The number of carbonyl (C=O) groups is 1. The van der Waals surface area contributed by atoms with Gasteiger partial charge in [-0.3, -0.25) is 4.79 Å². The van der Waals surface area contributed by atoms with E-state index in [0.717, 1.165) is 35.6 Å². The van der Waals surface area contributed by atoms with Crippen LogP contribution >= 0.6 is 0 Å². The molecular weight excluding hydrogens is 494 g/mol. The van der Waals surface area contributed by atoms with Crippen molar-refractivity contribution in [2.45, 2.75) is 32.1 Å². The maximum atomic E-state index is 14.6. The number of nitrogens with one attached hydrogen (secondary N) is 1. The maximum Gasteiger partial charge on any atom is 0.227 e. The van der Waals surface area contributed by atoms with E-state index in [1.165, 1.54) is 43.5 Å². The van der Waals surface area contributed by atoms with E-state index in [9.17, 15) is 13.6 Å². The highest BCUT2D eigenvalue weighted by Crippen LogP contribution is 2.29. The summed E-state index contributed by atoms with van der Waals surface area (Å²) in [5, 5.41) is 3.31. The Labute approximate surface area is 227 Å². The van der Waals surface area contributed by atoms with E-state index in [0.29, 0.717) is 23.6 Å². The van der Waals surface area contributed by atoms with Crippen molar-refractivity contribution in [3.63, 3.8) is 0 Å². The van der Waals surface area contributed by atoms with Crippen molar-refractivity contribution in [1.29, 1.82) is 0 Å². The topological polar surface area (TPSA) is 58.1 Å². The second kappa shape index (κ2) is 12.0. The number of allylic oxidation sites excluding steroid dienone is 1. The van der Waals surface area contributed by atoms with Gasteiger partial charge in [-0.1, -0.05) is 24.8 Å². The quantitative estimate of drug-likeness (QED) is 0.238. The zero-order valence-electron chi connectivity index (χ0n) is 21.7. The van der Waals surface area contributed by atoms with Crippen LogP contribution in [0.5, 0.6) is 0 Å². The third kappa shape index (κ3) is 6.55. The van der Waals surface area contributed by atoms with Gasteiger partial charge in [0.05, 0.1) is 5.69 Å². The molecule has 0 bridgehead atoms. The van der Waals surface area contributed by atoms with Crippen molar-refractivity contribution in [2.24, 2.45) is 0 Å². The fourth-order valence-corrected chi connectivity index (χ4v) is 4.89. The number of benzene rings is 3. The predicted octanol–water partition coefficient (Wildman–Crippen LogP) is 7.04. The Bertz CT molecular complexity index is 1500. The van der Waals surface area contributed by atoms with Gasteiger partial charge in [0, 0.05) is 54.6 Å². The lowest BCUT2D eigenvalue weighted by Crippen LogP contribution is -2.29. The summed E-state index contributed by atoms with van der Waals surface area (Å²) in [6.07, 6.45) is 6.83. The number of rotatable bonds is 9. The van der Waals surface area contributed by atoms with Crippen LogP contribution in [0.25, 0.3) is 11.3 Å². The first-order valence-corrected chi connectivity index (χ1v) is 13.1. The summed E-state index contributed by atoms with van der Waals surface area (Å²) in [6, 6.07) is 19.1. The summed E-state index contributed by atoms with van der Waals surface area (Å²) in [5.41, 5.74) is 5.01. The third-order valence-corrected chi connectivity index (χ3v) is 6.88. The Balaban J connectivity index is 1.50. The van der Waals surface area contributed by atoms with E-state index in [2.05, 4.69) is 33.9 Å². The average Bonchev–Trinajstić information content (AvgIpc) is 2.95. The third-order valence-electron chi connectivity index (χ3n) is 6.88. The minimum Gasteiger partial charge on any atom is -0.371 e. The highest BCUT2D eigenvalue weighted by molar-refractivity contribution is 5.91. The van der Waals surface area contributed by atoms with Crippen LogP contribution in [0.4, 0.5) is 26.1 Å². The molecule has 5 nitrogen and oxygen atoms in total. The number of aromatic nitrogens is 2. The van der Waals surface area contributed by atoms with E-state index in [4.69, 9.17) is 4.98 Å². The van der Waals surface area contributed by atoms with E-state index in [-0.39, 0.29) is 23.6 Å². The lowest BCUT2D eigenvalue weighted by Gasteiger charge is -2.29. The highest BCUT2D eigenvalue weighted by Gasteiger charge is 2.16. The first-order chi connectivity index (χ1) is 19.0. The molecule has 1 aliphatic heterocycles. The van der Waals surface area contributed by atoms with Crippen LogP contribution in [-0.2, 0) is 17.6 Å². The van der Waals surface area contributed by atoms with E-state index >= 15 is 0 Å². The van der Waals surface area contributed by atoms with Gasteiger partial charge in [-0.05, 0) is 85.0 Å². The zero-order chi connectivity index (χ0) is 27.2. The van der Waals surface area contributed by atoms with Crippen LogP contribution in [-0.4, -0.2) is 28.8 Å². The van der Waals surface area contributed by atoms with Gasteiger partial charge < -0.3 is 10.2 Å². The molecule has 198 valence electrons. The minimum atomic E-state index is -0.470. The number of carbonyl (C=O) groups excluding carboxylic acids is 1. The van der Waals surface area contributed by atoms with Gasteiger partial charge in [-0.15, -0.1) is 0 Å². The second-order valence-corrected chi connectivity index (χ2v) is 9.75. The summed E-state index contributed by atoms with van der Waals surface area (Å²) in [4.78, 5) is 23.7. The molecule has 5 rings (SSSR count). The number of ketones is 1. The summed E-state index contributed by atoms with van der Waals surface area (Å²) >= 11 is 0. The normalized spacial score (nSPS) is 13.2. The smallest absolute Gasteiger partial charge is 0.227 e. The van der Waals surface area contributed by atoms with Gasteiger partial charge in [-0.25, -0.2) is 18.7 Å². The lowest BCUT2D eigenvalue weighted by molar-refractivity contribution is -0.114. The van der Waals surface area contributed by atoms with Gasteiger partial charge >= 0.3 is 0 Å². The van der Waals surface area contributed by atoms with Crippen molar-refractivity contribution in [3.8, 4) is 11.3 Å². The Morgan fingerprint density at radius 1 is 0.974 bits per heavy atom. The molecule has 1 aromatic heterocycles. The zero-order valence-corrected chi connectivity index (χ0v) is 21.7. The number of hydrogen-bond acceptors (Lipinski definition) is 5. The first-order valence-electron chi connectivity index (χ1n) is 13.1. The van der Waals surface area contributed by atoms with Gasteiger partial charge in [0.1, 0.15) is 11.6 Å². The van der Waals surface area contributed by atoms with Crippen LogP contribution in [0, 0.1) is 11.6 Å². The molecule has 1 saturated heterocycles. The maximum absolute atomic E-state index is 14.6. The van der Waals surface area contributed by atoms with Gasteiger partial charge in [-0.2, -0.15) is 0 Å².